The van der Waals surface area contributed by atoms with Crippen LogP contribution in [-0.4, -0.2) is 102 Å². The first-order chi connectivity index (χ1) is 20.0. The summed E-state index contributed by atoms with van der Waals surface area (Å²) in [6, 6.07) is 9.06. The monoisotopic (exact) mass is 562 g/mol. The molecule has 3 aromatic heterocycles. The zero-order chi connectivity index (χ0) is 28.4. The van der Waals surface area contributed by atoms with Crippen LogP contribution in [0.3, 0.4) is 0 Å². The predicted molar refractivity (Wildman–Crippen MR) is 157 cm³/mol. The minimum Gasteiger partial charge on any atom is -0.444 e. The van der Waals surface area contributed by atoms with Gasteiger partial charge in [-0.05, 0) is 51.8 Å². The fourth-order valence-electron chi connectivity index (χ4n) is 6.39. The van der Waals surface area contributed by atoms with Gasteiger partial charge in [0.25, 0.3) is 0 Å². The van der Waals surface area contributed by atoms with Crippen LogP contribution in [-0.2, 0) is 19.8 Å². The molecule has 0 aromatic carbocycles. The molecular weight excluding hydrogens is 520 g/mol. The minimum atomic E-state index is -0.272. The number of pyridine rings is 1. The fraction of sp³-hybridized carbons (Fsp3) is 0.581. The molecule has 1 atom stereocenters. The van der Waals surface area contributed by atoms with Crippen LogP contribution >= 0.6 is 0 Å². The van der Waals surface area contributed by atoms with Crippen molar-refractivity contribution in [3.05, 3.63) is 48.4 Å². The Balaban J connectivity index is 1.15. The average molecular weight is 563 g/mol. The standard InChI is InChI=1S/C31H42N6O4/c1-4-40-31(9-12-34(13-10-31)23(2)3)25-5-6-27(32-20-25)24-19-29-28(7-11-33-37(29)21-24)35-14-16-36(17-15-35)30(38)41-26-8-18-39-22-26/h5-7,11,19-21,23,26H,4,8-10,12-18,22H2,1-3H3. The number of likely N-dealkylation sites (tertiary alicyclic amines) is 1. The van der Waals surface area contributed by atoms with Gasteiger partial charge in [-0.1, -0.05) is 6.07 Å². The van der Waals surface area contributed by atoms with Gasteiger partial charge in [-0.2, -0.15) is 5.10 Å². The maximum Gasteiger partial charge on any atom is 0.410 e. The summed E-state index contributed by atoms with van der Waals surface area (Å²) in [6.07, 6.45) is 8.24. The highest BCUT2D eigenvalue weighted by Gasteiger charge is 2.38. The minimum absolute atomic E-state index is 0.121. The quantitative estimate of drug-likeness (QED) is 0.424. The third kappa shape index (κ3) is 5.78. The number of piperazine rings is 1. The Morgan fingerprint density at radius 2 is 1.93 bits per heavy atom. The molecule has 6 heterocycles. The second kappa shape index (κ2) is 12.0. The van der Waals surface area contributed by atoms with E-state index in [-0.39, 0.29) is 17.8 Å². The van der Waals surface area contributed by atoms with Gasteiger partial charge >= 0.3 is 6.09 Å². The second-order valence-electron chi connectivity index (χ2n) is 11.6. The van der Waals surface area contributed by atoms with E-state index in [1.807, 2.05) is 23.1 Å². The van der Waals surface area contributed by atoms with Crippen LogP contribution in [0.25, 0.3) is 16.8 Å². The summed E-state index contributed by atoms with van der Waals surface area (Å²) in [5.74, 6) is 0. The molecule has 0 aliphatic carbocycles. The lowest BCUT2D eigenvalue weighted by Gasteiger charge is -2.43. The van der Waals surface area contributed by atoms with Crippen LogP contribution in [0, 0.1) is 0 Å². The van der Waals surface area contributed by atoms with Gasteiger partial charge in [-0.25, -0.2) is 9.31 Å². The molecule has 41 heavy (non-hydrogen) atoms. The summed E-state index contributed by atoms with van der Waals surface area (Å²) in [6.45, 7) is 13.2. The lowest BCUT2D eigenvalue weighted by Crippen LogP contribution is -2.49. The van der Waals surface area contributed by atoms with E-state index in [0.29, 0.717) is 39.0 Å². The number of amides is 1. The predicted octanol–water partition coefficient (Wildman–Crippen LogP) is 4.18. The van der Waals surface area contributed by atoms with E-state index in [2.05, 4.69) is 59.9 Å². The Morgan fingerprint density at radius 1 is 1.12 bits per heavy atom. The van der Waals surface area contributed by atoms with Gasteiger partial charge in [-0.3, -0.25) is 4.98 Å². The molecule has 0 saturated carbocycles. The number of aromatic nitrogens is 3. The number of hydrogen-bond acceptors (Lipinski definition) is 8. The molecule has 3 aromatic rings. The Hall–Kier alpha value is -3.21. The molecule has 0 radical (unpaired) electrons. The van der Waals surface area contributed by atoms with Crippen LogP contribution in [0.4, 0.5) is 10.5 Å². The van der Waals surface area contributed by atoms with Crippen LogP contribution in [0.2, 0.25) is 0 Å². The number of piperidine rings is 1. The molecule has 0 N–H and O–H groups in total. The summed E-state index contributed by atoms with van der Waals surface area (Å²) in [5, 5.41) is 4.57. The van der Waals surface area contributed by atoms with Gasteiger partial charge in [-0.15, -0.1) is 0 Å². The van der Waals surface area contributed by atoms with Gasteiger partial charge in [0, 0.05) is 88.1 Å². The number of hydrogen-bond donors (Lipinski definition) is 0. The maximum atomic E-state index is 12.6. The van der Waals surface area contributed by atoms with E-state index < -0.39 is 0 Å². The molecule has 1 amide bonds. The summed E-state index contributed by atoms with van der Waals surface area (Å²) in [5.41, 5.74) is 4.96. The summed E-state index contributed by atoms with van der Waals surface area (Å²) >= 11 is 0. The van der Waals surface area contributed by atoms with Crippen LogP contribution in [0.5, 0.6) is 0 Å². The van der Waals surface area contributed by atoms with Crippen molar-refractivity contribution < 1.29 is 19.0 Å². The molecule has 10 nitrogen and oxygen atoms in total. The number of fused-ring (bicyclic) bond motifs is 1. The lowest BCUT2D eigenvalue weighted by atomic mass is 9.84. The van der Waals surface area contributed by atoms with Crippen LogP contribution in [0.1, 0.15) is 45.6 Å². The molecule has 3 aliphatic rings. The van der Waals surface area contributed by atoms with Gasteiger partial charge in [0.1, 0.15) is 6.10 Å². The van der Waals surface area contributed by atoms with E-state index in [4.69, 9.17) is 19.2 Å². The van der Waals surface area contributed by atoms with Crippen molar-refractivity contribution in [3.8, 4) is 11.3 Å². The van der Waals surface area contributed by atoms with E-state index in [1.165, 1.54) is 0 Å². The average Bonchev–Trinajstić information content (AvgIpc) is 3.68. The highest BCUT2D eigenvalue weighted by atomic mass is 16.6. The summed E-state index contributed by atoms with van der Waals surface area (Å²) in [7, 11) is 0. The number of carbonyl (C=O) groups is 1. The smallest absolute Gasteiger partial charge is 0.410 e. The molecule has 3 fully saturated rings. The number of nitrogens with zero attached hydrogens (tertiary/aromatic N) is 6. The zero-order valence-electron chi connectivity index (χ0n) is 24.5. The van der Waals surface area contributed by atoms with E-state index in [0.717, 1.165) is 73.5 Å². The first kappa shape index (κ1) is 27.9. The normalized spacial score (nSPS) is 21.6. The lowest BCUT2D eigenvalue weighted by molar-refractivity contribution is -0.0888. The SMILES string of the molecule is CCOC1(c2ccc(-c3cc4c(N5CCN(C(=O)OC6CCOC6)CC5)ccnn4c3)nc2)CCN(C(C)C)CC1. The number of rotatable bonds is 7. The molecule has 3 aliphatic heterocycles. The topological polar surface area (TPSA) is 84.7 Å². The van der Waals surface area contributed by atoms with E-state index in [9.17, 15) is 4.79 Å². The largest absolute Gasteiger partial charge is 0.444 e. The van der Waals surface area contributed by atoms with Gasteiger partial charge in [0.2, 0.25) is 0 Å². The molecule has 6 rings (SSSR count). The van der Waals surface area contributed by atoms with Crippen LogP contribution < -0.4 is 4.90 Å². The first-order valence-corrected chi connectivity index (χ1v) is 15.1. The van der Waals surface area contributed by atoms with Crippen molar-refractivity contribution in [1.82, 2.24) is 24.4 Å². The third-order valence-electron chi connectivity index (χ3n) is 8.86. The molecular formula is C31H42N6O4. The van der Waals surface area contributed by atoms with Crippen molar-refractivity contribution in [2.45, 2.75) is 57.8 Å². The van der Waals surface area contributed by atoms with Crippen molar-refractivity contribution >= 4 is 17.3 Å². The summed E-state index contributed by atoms with van der Waals surface area (Å²) < 4.78 is 19.3. The highest BCUT2D eigenvalue weighted by Crippen LogP contribution is 2.38. The molecule has 0 bridgehead atoms. The van der Waals surface area contributed by atoms with Crippen molar-refractivity contribution in [2.24, 2.45) is 0 Å². The maximum absolute atomic E-state index is 12.6. The number of ether oxygens (including phenoxy) is 3. The Kier molecular flexibility index (Phi) is 8.14. The van der Waals surface area contributed by atoms with Crippen LogP contribution in [0.15, 0.2) is 42.9 Å². The van der Waals surface area contributed by atoms with Gasteiger partial charge in [0.15, 0.2) is 0 Å². The molecule has 10 heteroatoms. The first-order valence-electron chi connectivity index (χ1n) is 15.1. The second-order valence-corrected chi connectivity index (χ2v) is 11.6. The van der Waals surface area contributed by atoms with E-state index in [1.54, 1.807) is 4.90 Å². The zero-order valence-corrected chi connectivity index (χ0v) is 24.5. The van der Waals surface area contributed by atoms with Gasteiger partial charge in [0.05, 0.1) is 35.7 Å². The molecule has 0 spiro atoms. The molecule has 3 saturated heterocycles. The number of carbonyl (C=O) groups excluding carboxylic acids is 1. The van der Waals surface area contributed by atoms with Crippen molar-refractivity contribution in [1.29, 1.82) is 0 Å². The third-order valence-corrected chi connectivity index (χ3v) is 8.86. The molecule has 1 unspecified atom stereocenters. The Bertz CT molecular complexity index is 1320. The highest BCUT2D eigenvalue weighted by molar-refractivity contribution is 5.79. The molecule has 220 valence electrons. The van der Waals surface area contributed by atoms with Crippen molar-refractivity contribution in [3.63, 3.8) is 0 Å². The van der Waals surface area contributed by atoms with Crippen molar-refractivity contribution in [2.75, 3.05) is 64.0 Å². The Labute approximate surface area is 242 Å². The number of anilines is 1. The Morgan fingerprint density at radius 3 is 2.59 bits per heavy atom. The summed E-state index contributed by atoms with van der Waals surface area (Å²) in [4.78, 5) is 24.1. The van der Waals surface area contributed by atoms with E-state index >= 15 is 0 Å². The fourth-order valence-corrected chi connectivity index (χ4v) is 6.39. The van der Waals surface area contributed by atoms with Gasteiger partial charge < -0.3 is 28.9 Å².